The van der Waals surface area contributed by atoms with Gasteiger partial charge in [0.25, 0.3) is 23.6 Å². The molecule has 0 radical (unpaired) electrons. The SMILES string of the molecule is CC(=O)C(N=Nc1cccc(C(=O)Nc2ccc(Cl)c(Cl)c2)c1Cl)C(=O)Nc1cc(C)c(NC(=O)C(N=Nc2cccc(C(=O)Nc3ccc(Cl)c(Cl)c3)c2Cl)C(C)=O)c(C)c1. The number of benzene rings is 5. The highest BCUT2D eigenvalue weighted by Crippen LogP contribution is 2.33. The summed E-state index contributed by atoms with van der Waals surface area (Å²) in [6.07, 6.45) is 0. The first-order valence-electron chi connectivity index (χ1n) is 18.0. The normalized spacial score (nSPS) is 12.2. The van der Waals surface area contributed by atoms with Crippen molar-refractivity contribution >= 4 is 139 Å². The van der Waals surface area contributed by atoms with Gasteiger partial charge in [-0.1, -0.05) is 81.7 Å². The number of anilines is 4. The van der Waals surface area contributed by atoms with Crippen LogP contribution in [0.3, 0.4) is 0 Å². The van der Waals surface area contributed by atoms with Gasteiger partial charge in [-0.25, -0.2) is 0 Å². The van der Waals surface area contributed by atoms with E-state index in [0.29, 0.717) is 38.2 Å². The molecule has 0 fully saturated rings. The van der Waals surface area contributed by atoms with Crippen molar-refractivity contribution in [2.24, 2.45) is 20.5 Å². The van der Waals surface area contributed by atoms with Gasteiger partial charge in [0.2, 0.25) is 12.1 Å². The number of rotatable bonds is 14. The lowest BCUT2D eigenvalue weighted by Gasteiger charge is -2.17. The zero-order valence-corrected chi connectivity index (χ0v) is 37.3. The summed E-state index contributed by atoms with van der Waals surface area (Å²) in [4.78, 5) is 78.0. The van der Waals surface area contributed by atoms with E-state index in [1.54, 1.807) is 26.0 Å². The molecule has 0 aliphatic carbocycles. The van der Waals surface area contributed by atoms with Crippen LogP contribution in [0.5, 0.6) is 0 Å². The highest BCUT2D eigenvalue weighted by molar-refractivity contribution is 6.43. The third-order valence-corrected chi connectivity index (χ3v) is 11.0. The topological polar surface area (TPSA) is 200 Å². The maximum absolute atomic E-state index is 13.4. The van der Waals surface area contributed by atoms with Gasteiger partial charge in [-0.3, -0.25) is 28.8 Å². The van der Waals surface area contributed by atoms with E-state index >= 15 is 0 Å². The van der Waals surface area contributed by atoms with Crippen LogP contribution in [0.2, 0.25) is 30.1 Å². The van der Waals surface area contributed by atoms with E-state index in [1.165, 1.54) is 72.8 Å². The molecular weight excluding hydrogens is 925 g/mol. The van der Waals surface area contributed by atoms with Crippen molar-refractivity contribution in [1.82, 2.24) is 0 Å². The second kappa shape index (κ2) is 20.9. The van der Waals surface area contributed by atoms with Crippen molar-refractivity contribution in [3.05, 3.63) is 137 Å². The molecule has 62 heavy (non-hydrogen) atoms. The van der Waals surface area contributed by atoms with E-state index in [4.69, 9.17) is 69.6 Å². The molecule has 0 aromatic heterocycles. The van der Waals surface area contributed by atoms with Crippen LogP contribution < -0.4 is 21.3 Å². The number of carbonyl (C=O) groups is 6. The van der Waals surface area contributed by atoms with E-state index in [1.807, 2.05) is 0 Å². The van der Waals surface area contributed by atoms with Gasteiger partial charge in [0, 0.05) is 22.7 Å². The molecule has 0 heterocycles. The van der Waals surface area contributed by atoms with Crippen molar-refractivity contribution in [1.29, 1.82) is 0 Å². The number of aryl methyl sites for hydroxylation is 2. The Morgan fingerprint density at radius 3 is 1.27 bits per heavy atom. The van der Waals surface area contributed by atoms with Crippen molar-refractivity contribution in [2.45, 2.75) is 39.8 Å². The van der Waals surface area contributed by atoms with Gasteiger partial charge in [-0.05, 0) is 112 Å². The number of ketones is 2. The summed E-state index contributed by atoms with van der Waals surface area (Å²) in [7, 11) is 0. The summed E-state index contributed by atoms with van der Waals surface area (Å²) in [6, 6.07) is 17.7. The molecule has 5 rings (SSSR count). The number of nitrogens with zero attached hydrogens (tertiary/aromatic N) is 4. The molecule has 0 aliphatic rings. The average molecular weight is 957 g/mol. The minimum Gasteiger partial charge on any atom is -0.324 e. The second-order valence-corrected chi connectivity index (χ2v) is 15.7. The summed E-state index contributed by atoms with van der Waals surface area (Å²) in [5.41, 5.74) is 2.34. The van der Waals surface area contributed by atoms with Crippen LogP contribution in [0.4, 0.5) is 34.1 Å². The highest BCUT2D eigenvalue weighted by atomic mass is 35.5. The molecule has 4 N–H and O–H groups in total. The number of azo groups is 2. The smallest absolute Gasteiger partial charge is 0.258 e. The van der Waals surface area contributed by atoms with Crippen LogP contribution in [0, 0.1) is 13.8 Å². The molecule has 0 saturated carbocycles. The molecule has 5 aromatic rings. The molecule has 0 bridgehead atoms. The predicted molar refractivity (Wildman–Crippen MR) is 243 cm³/mol. The average Bonchev–Trinajstić information content (AvgIpc) is 3.20. The quantitative estimate of drug-likeness (QED) is 0.0630. The summed E-state index contributed by atoms with van der Waals surface area (Å²) >= 11 is 37.0. The zero-order chi connectivity index (χ0) is 45.4. The first-order valence-corrected chi connectivity index (χ1v) is 20.3. The van der Waals surface area contributed by atoms with E-state index in [2.05, 4.69) is 41.7 Å². The van der Waals surface area contributed by atoms with Crippen LogP contribution in [0.25, 0.3) is 0 Å². The highest BCUT2D eigenvalue weighted by Gasteiger charge is 2.27. The van der Waals surface area contributed by atoms with Crippen molar-refractivity contribution in [3.8, 4) is 0 Å². The molecule has 2 atom stereocenters. The minimum atomic E-state index is -1.61. The maximum atomic E-state index is 13.4. The van der Waals surface area contributed by atoms with Gasteiger partial charge in [0.05, 0.1) is 41.3 Å². The lowest BCUT2D eigenvalue weighted by atomic mass is 10.1. The van der Waals surface area contributed by atoms with Gasteiger partial charge in [-0.15, -0.1) is 0 Å². The van der Waals surface area contributed by atoms with Gasteiger partial charge >= 0.3 is 0 Å². The van der Waals surface area contributed by atoms with Gasteiger partial charge in [0.1, 0.15) is 11.4 Å². The largest absolute Gasteiger partial charge is 0.324 e. The Labute approximate surface area is 384 Å². The van der Waals surface area contributed by atoms with E-state index < -0.39 is 47.3 Å². The van der Waals surface area contributed by atoms with Crippen molar-refractivity contribution in [2.75, 3.05) is 21.3 Å². The molecule has 5 aromatic carbocycles. The molecule has 2 unspecified atom stereocenters. The summed E-state index contributed by atoms with van der Waals surface area (Å²) in [5, 5.41) is 27.5. The molecule has 0 saturated heterocycles. The number of hydrogen-bond acceptors (Lipinski definition) is 10. The first kappa shape index (κ1) is 47.3. The standard InChI is InChI=1S/C42H32Cl6N8O6/c1-19-15-25(51-41(61)37(21(3)57)55-53-32-9-5-7-26(34(32)47)39(59)49-23-11-13-28(43)30(45)17-23)16-20(2)36(19)52-42(62)38(22(4)58)56-54-33-10-6-8-27(35(33)48)40(60)50-24-12-14-29(44)31(46)18-24/h5-18,37-38H,1-4H3,(H,49,59)(H,50,60)(H,51,61)(H,52,62). The number of carbonyl (C=O) groups excluding carboxylic acids is 6. The number of nitrogens with one attached hydrogen (secondary N) is 4. The van der Waals surface area contributed by atoms with E-state index in [-0.39, 0.29) is 48.3 Å². The lowest BCUT2D eigenvalue weighted by molar-refractivity contribution is -0.127. The number of halogens is 6. The molecule has 0 spiro atoms. The first-order chi connectivity index (χ1) is 29.3. The predicted octanol–water partition coefficient (Wildman–Crippen LogP) is 12.1. The molecule has 318 valence electrons. The van der Waals surface area contributed by atoms with Crippen LogP contribution in [-0.2, 0) is 19.2 Å². The van der Waals surface area contributed by atoms with Crippen LogP contribution >= 0.6 is 69.6 Å². The number of Topliss-reactive ketones (excluding diaryl/α,β-unsaturated/α-hetero) is 2. The van der Waals surface area contributed by atoms with Crippen molar-refractivity contribution < 1.29 is 28.8 Å². The molecule has 0 aliphatic heterocycles. The van der Waals surface area contributed by atoms with E-state index in [0.717, 1.165) is 13.8 Å². The Morgan fingerprint density at radius 1 is 0.484 bits per heavy atom. The number of hydrogen-bond donors (Lipinski definition) is 4. The van der Waals surface area contributed by atoms with Crippen LogP contribution in [-0.4, -0.2) is 47.3 Å². The van der Waals surface area contributed by atoms with Gasteiger partial charge in [-0.2, -0.15) is 20.5 Å². The fraction of sp³-hybridized carbons (Fsp3) is 0.143. The van der Waals surface area contributed by atoms with E-state index in [9.17, 15) is 28.8 Å². The zero-order valence-electron chi connectivity index (χ0n) is 32.7. The Hall–Kier alpha value is -5.74. The van der Waals surface area contributed by atoms with Crippen LogP contribution in [0.1, 0.15) is 45.7 Å². The number of amides is 4. The summed E-state index contributed by atoms with van der Waals surface area (Å²) < 4.78 is 0. The lowest BCUT2D eigenvalue weighted by Crippen LogP contribution is -2.33. The molecular formula is C42H32Cl6N8O6. The Balaban J connectivity index is 1.26. The minimum absolute atomic E-state index is 0.0167. The summed E-state index contributed by atoms with van der Waals surface area (Å²) in [6.45, 7) is 5.61. The summed E-state index contributed by atoms with van der Waals surface area (Å²) in [5.74, 6) is -4.10. The maximum Gasteiger partial charge on any atom is 0.258 e. The van der Waals surface area contributed by atoms with Crippen LogP contribution in [0.15, 0.2) is 105 Å². The Morgan fingerprint density at radius 2 is 0.887 bits per heavy atom. The monoisotopic (exact) mass is 954 g/mol. The Bertz CT molecular complexity index is 2690. The Kier molecular flexibility index (Phi) is 15.9. The van der Waals surface area contributed by atoms with Crippen molar-refractivity contribution in [3.63, 3.8) is 0 Å². The molecule has 20 heteroatoms. The fourth-order valence-electron chi connectivity index (χ4n) is 5.60. The molecule has 14 nitrogen and oxygen atoms in total. The van der Waals surface area contributed by atoms with Gasteiger partial charge < -0.3 is 21.3 Å². The third-order valence-electron chi connectivity index (χ3n) is 8.68. The molecule has 4 amide bonds. The third kappa shape index (κ3) is 11.8. The fourth-order valence-corrected chi connectivity index (χ4v) is 6.70. The second-order valence-electron chi connectivity index (χ2n) is 13.4. The van der Waals surface area contributed by atoms with Gasteiger partial charge in [0.15, 0.2) is 11.6 Å².